The molecule has 0 atom stereocenters. The highest BCUT2D eigenvalue weighted by Crippen LogP contribution is 2.31. The smallest absolute Gasteiger partial charge is 0.172 e. The van der Waals surface area contributed by atoms with Gasteiger partial charge in [0.1, 0.15) is 0 Å². The van der Waals surface area contributed by atoms with Gasteiger partial charge in [-0.2, -0.15) is 0 Å². The standard InChI is InChI=1S/C10H19NO/c1-4-9-7-8-10(5-2,6-3)11(9)12/h4-8H2,1-3H3. The van der Waals surface area contributed by atoms with Crippen LogP contribution < -0.4 is 0 Å². The Morgan fingerprint density at radius 2 is 1.92 bits per heavy atom. The van der Waals surface area contributed by atoms with Crippen LogP contribution in [0.1, 0.15) is 52.9 Å². The van der Waals surface area contributed by atoms with E-state index < -0.39 is 0 Å². The van der Waals surface area contributed by atoms with E-state index in [1.54, 1.807) is 0 Å². The van der Waals surface area contributed by atoms with Crippen molar-refractivity contribution in [3.63, 3.8) is 0 Å². The topological polar surface area (TPSA) is 26.1 Å². The number of hydroxylamine groups is 1. The third-order valence-electron chi connectivity index (χ3n) is 3.32. The van der Waals surface area contributed by atoms with Gasteiger partial charge in [-0.15, -0.1) is 0 Å². The molecule has 0 aromatic carbocycles. The molecule has 0 bridgehead atoms. The molecular formula is C10H19NO. The molecule has 1 rings (SSSR count). The summed E-state index contributed by atoms with van der Waals surface area (Å²) in [6.45, 7) is 6.31. The van der Waals surface area contributed by atoms with Gasteiger partial charge in [-0.3, -0.25) is 0 Å². The minimum atomic E-state index is -0.0503. The average molecular weight is 169 g/mol. The van der Waals surface area contributed by atoms with E-state index in [0.717, 1.165) is 37.8 Å². The second-order valence-electron chi connectivity index (χ2n) is 3.65. The Hall–Kier alpha value is -0.530. The molecule has 2 heteroatoms. The van der Waals surface area contributed by atoms with Crippen LogP contribution >= 0.6 is 0 Å². The molecule has 2 nitrogen and oxygen atoms in total. The van der Waals surface area contributed by atoms with Crippen LogP contribution in [-0.4, -0.2) is 16.0 Å². The first-order chi connectivity index (χ1) is 5.70. The van der Waals surface area contributed by atoms with E-state index in [1.165, 1.54) is 4.74 Å². The maximum absolute atomic E-state index is 11.8. The van der Waals surface area contributed by atoms with Crippen molar-refractivity contribution in [3.8, 4) is 0 Å². The molecule has 0 aliphatic carbocycles. The fourth-order valence-corrected chi connectivity index (χ4v) is 2.13. The van der Waals surface area contributed by atoms with Crippen molar-refractivity contribution >= 4 is 5.71 Å². The predicted molar refractivity (Wildman–Crippen MR) is 51.5 cm³/mol. The summed E-state index contributed by atoms with van der Waals surface area (Å²) < 4.78 is 1.30. The summed E-state index contributed by atoms with van der Waals surface area (Å²) in [6, 6.07) is 0. The van der Waals surface area contributed by atoms with Crippen molar-refractivity contribution in [2.45, 2.75) is 58.4 Å². The van der Waals surface area contributed by atoms with Crippen LogP contribution in [-0.2, 0) is 0 Å². The molecule has 12 heavy (non-hydrogen) atoms. The van der Waals surface area contributed by atoms with Crippen LogP contribution in [0.5, 0.6) is 0 Å². The van der Waals surface area contributed by atoms with Crippen LogP contribution in [0.25, 0.3) is 0 Å². The van der Waals surface area contributed by atoms with E-state index in [4.69, 9.17) is 0 Å². The summed E-state index contributed by atoms with van der Waals surface area (Å²) >= 11 is 0. The third-order valence-corrected chi connectivity index (χ3v) is 3.32. The van der Waals surface area contributed by atoms with E-state index in [-0.39, 0.29) is 5.54 Å². The maximum atomic E-state index is 11.8. The maximum Gasteiger partial charge on any atom is 0.172 e. The number of hydrogen-bond acceptors (Lipinski definition) is 1. The Labute approximate surface area is 74.9 Å². The zero-order valence-electron chi connectivity index (χ0n) is 8.39. The lowest BCUT2D eigenvalue weighted by Crippen LogP contribution is -2.35. The normalized spacial score (nSPS) is 21.9. The molecule has 0 saturated carbocycles. The summed E-state index contributed by atoms with van der Waals surface area (Å²) in [4.78, 5) is 0. The van der Waals surface area contributed by atoms with Crippen molar-refractivity contribution in [2.24, 2.45) is 0 Å². The van der Waals surface area contributed by atoms with Gasteiger partial charge in [-0.05, 0) is 0 Å². The molecule has 70 valence electrons. The Bertz CT molecular complexity index is 192. The highest BCUT2D eigenvalue weighted by Gasteiger charge is 2.41. The molecule has 0 radical (unpaired) electrons. The van der Waals surface area contributed by atoms with Gasteiger partial charge in [0.15, 0.2) is 11.3 Å². The fourth-order valence-electron chi connectivity index (χ4n) is 2.13. The SMILES string of the molecule is CCC1=[N+]([O-])C(CC)(CC)CC1. The van der Waals surface area contributed by atoms with Crippen LogP contribution in [0.3, 0.4) is 0 Å². The van der Waals surface area contributed by atoms with Crippen molar-refractivity contribution < 1.29 is 4.74 Å². The fraction of sp³-hybridized carbons (Fsp3) is 0.900. The second kappa shape index (κ2) is 3.46. The Balaban J connectivity index is 2.89. The van der Waals surface area contributed by atoms with Gasteiger partial charge in [0.2, 0.25) is 0 Å². The lowest BCUT2D eigenvalue weighted by atomic mass is 9.90. The van der Waals surface area contributed by atoms with Crippen LogP contribution in [0.4, 0.5) is 0 Å². The van der Waals surface area contributed by atoms with Crippen molar-refractivity contribution in [2.75, 3.05) is 0 Å². The molecule has 0 fully saturated rings. The molecule has 1 aliphatic rings. The van der Waals surface area contributed by atoms with Gasteiger partial charge >= 0.3 is 0 Å². The lowest BCUT2D eigenvalue weighted by Gasteiger charge is -2.25. The number of hydrogen-bond donors (Lipinski definition) is 0. The zero-order valence-corrected chi connectivity index (χ0v) is 8.39. The number of rotatable bonds is 3. The summed E-state index contributed by atoms with van der Waals surface area (Å²) in [7, 11) is 0. The largest absolute Gasteiger partial charge is 0.623 e. The molecule has 1 heterocycles. The summed E-state index contributed by atoms with van der Waals surface area (Å²) in [5.41, 5.74) is 1.05. The Kier molecular flexibility index (Phi) is 2.76. The minimum absolute atomic E-state index is 0.0503. The molecule has 0 spiro atoms. The van der Waals surface area contributed by atoms with E-state index in [2.05, 4.69) is 20.8 Å². The highest BCUT2D eigenvalue weighted by molar-refractivity contribution is 5.80. The van der Waals surface area contributed by atoms with Crippen LogP contribution in [0.2, 0.25) is 0 Å². The summed E-state index contributed by atoms with van der Waals surface area (Å²) in [5.74, 6) is 0. The van der Waals surface area contributed by atoms with Gasteiger partial charge in [0.05, 0.1) is 0 Å². The van der Waals surface area contributed by atoms with Crippen LogP contribution in [0.15, 0.2) is 0 Å². The monoisotopic (exact) mass is 169 g/mol. The van der Waals surface area contributed by atoms with Crippen molar-refractivity contribution in [3.05, 3.63) is 5.21 Å². The zero-order chi connectivity index (χ0) is 9.19. The van der Waals surface area contributed by atoms with E-state index in [0.29, 0.717) is 0 Å². The van der Waals surface area contributed by atoms with Gasteiger partial charge in [-0.25, -0.2) is 4.74 Å². The second-order valence-corrected chi connectivity index (χ2v) is 3.65. The summed E-state index contributed by atoms with van der Waals surface area (Å²) in [5, 5.41) is 11.8. The Morgan fingerprint density at radius 1 is 1.33 bits per heavy atom. The highest BCUT2D eigenvalue weighted by atomic mass is 16.5. The van der Waals surface area contributed by atoms with Gasteiger partial charge in [-0.1, -0.05) is 20.8 Å². The molecule has 0 N–H and O–H groups in total. The predicted octanol–water partition coefficient (Wildman–Crippen LogP) is 2.70. The van der Waals surface area contributed by atoms with Gasteiger partial charge in [0.25, 0.3) is 0 Å². The van der Waals surface area contributed by atoms with Crippen molar-refractivity contribution in [1.82, 2.24) is 0 Å². The Morgan fingerprint density at radius 3 is 2.17 bits per heavy atom. The first-order valence-electron chi connectivity index (χ1n) is 5.02. The molecule has 0 amide bonds. The lowest BCUT2D eigenvalue weighted by molar-refractivity contribution is -0.543. The first kappa shape index (κ1) is 9.56. The van der Waals surface area contributed by atoms with Crippen molar-refractivity contribution in [1.29, 1.82) is 0 Å². The van der Waals surface area contributed by atoms with E-state index >= 15 is 0 Å². The third kappa shape index (κ3) is 1.23. The molecule has 0 aromatic rings. The molecule has 0 saturated heterocycles. The average Bonchev–Trinajstić information content (AvgIpc) is 2.43. The van der Waals surface area contributed by atoms with E-state index in [1.807, 2.05) is 0 Å². The minimum Gasteiger partial charge on any atom is -0.623 e. The van der Waals surface area contributed by atoms with Gasteiger partial charge < -0.3 is 5.21 Å². The van der Waals surface area contributed by atoms with Gasteiger partial charge in [0, 0.05) is 32.1 Å². The van der Waals surface area contributed by atoms with Crippen LogP contribution in [0, 0.1) is 5.21 Å². The summed E-state index contributed by atoms with van der Waals surface area (Å²) in [6.07, 6.45) is 4.96. The molecule has 0 aromatic heterocycles. The first-order valence-corrected chi connectivity index (χ1v) is 5.02. The number of nitrogens with zero attached hydrogens (tertiary/aromatic N) is 1. The quantitative estimate of drug-likeness (QED) is 0.471. The molecule has 1 aliphatic heterocycles. The molecule has 0 unspecified atom stereocenters. The molecular weight excluding hydrogens is 150 g/mol. The van der Waals surface area contributed by atoms with E-state index in [9.17, 15) is 5.21 Å².